The molecule has 0 aliphatic rings. The van der Waals surface area contributed by atoms with Gasteiger partial charge in [0.1, 0.15) is 0 Å². The molecule has 1 aromatic rings. The Bertz CT molecular complexity index is 353. The van der Waals surface area contributed by atoms with E-state index in [2.05, 4.69) is 15.5 Å². The Morgan fingerprint density at radius 3 is 2.62 bits per heavy atom. The van der Waals surface area contributed by atoms with Gasteiger partial charge in [0.2, 0.25) is 5.91 Å². The van der Waals surface area contributed by atoms with Crippen LogP contribution in [-0.2, 0) is 4.79 Å². The van der Waals surface area contributed by atoms with Crippen LogP contribution in [0.1, 0.15) is 31.7 Å². The van der Waals surface area contributed by atoms with Crippen molar-refractivity contribution in [3.05, 3.63) is 11.4 Å². The van der Waals surface area contributed by atoms with Crippen molar-refractivity contribution >= 4 is 11.6 Å². The highest BCUT2D eigenvalue weighted by Crippen LogP contribution is 2.17. The lowest BCUT2D eigenvalue weighted by molar-refractivity contribution is -0.118. The quantitative estimate of drug-likeness (QED) is 0.721. The zero-order valence-corrected chi connectivity index (χ0v) is 10.3. The van der Waals surface area contributed by atoms with Gasteiger partial charge in [0.15, 0.2) is 0 Å². The number of nitrogens with one attached hydrogen (secondary N) is 2. The minimum absolute atomic E-state index is 0.151. The monoisotopic (exact) mass is 224 g/mol. The molecule has 5 heteroatoms. The Morgan fingerprint density at radius 2 is 2.19 bits per heavy atom. The molecule has 16 heavy (non-hydrogen) atoms. The van der Waals surface area contributed by atoms with Crippen LogP contribution in [0, 0.1) is 19.8 Å². The van der Waals surface area contributed by atoms with E-state index in [4.69, 9.17) is 5.73 Å². The number of hydrogen-bond donors (Lipinski definition) is 3. The first-order valence-electron chi connectivity index (χ1n) is 5.55. The van der Waals surface area contributed by atoms with Gasteiger partial charge in [-0.1, -0.05) is 20.3 Å². The van der Waals surface area contributed by atoms with Crippen LogP contribution in [0.3, 0.4) is 0 Å². The fourth-order valence-electron chi connectivity index (χ4n) is 1.45. The van der Waals surface area contributed by atoms with Gasteiger partial charge in [0.25, 0.3) is 0 Å². The van der Waals surface area contributed by atoms with Gasteiger partial charge in [-0.2, -0.15) is 5.10 Å². The molecule has 0 bridgehead atoms. The Hall–Kier alpha value is -1.36. The van der Waals surface area contributed by atoms with Gasteiger partial charge in [-0.25, -0.2) is 0 Å². The van der Waals surface area contributed by atoms with E-state index in [1.807, 2.05) is 27.7 Å². The first-order chi connectivity index (χ1) is 7.47. The third-order valence-corrected chi connectivity index (χ3v) is 2.94. The van der Waals surface area contributed by atoms with E-state index in [0.29, 0.717) is 0 Å². The zero-order chi connectivity index (χ0) is 12.3. The SMILES string of the molecule is CC[C@@H](C)[C@H](N)C(=O)Nc1c(C)n[nH]c1C. The van der Waals surface area contributed by atoms with Gasteiger partial charge in [-0.3, -0.25) is 9.89 Å². The van der Waals surface area contributed by atoms with Crippen molar-refractivity contribution in [1.29, 1.82) is 0 Å². The van der Waals surface area contributed by atoms with Gasteiger partial charge in [0, 0.05) is 0 Å². The minimum atomic E-state index is -0.473. The van der Waals surface area contributed by atoms with Crippen LogP contribution < -0.4 is 11.1 Å². The van der Waals surface area contributed by atoms with Gasteiger partial charge >= 0.3 is 0 Å². The van der Waals surface area contributed by atoms with E-state index >= 15 is 0 Å². The van der Waals surface area contributed by atoms with E-state index in [9.17, 15) is 4.79 Å². The van der Waals surface area contributed by atoms with Crippen molar-refractivity contribution in [1.82, 2.24) is 10.2 Å². The standard InChI is InChI=1S/C11H20N4O/c1-5-6(2)9(12)11(16)13-10-7(3)14-15-8(10)4/h6,9H,5,12H2,1-4H3,(H,13,16)(H,14,15)/t6-,9+/m1/s1. The van der Waals surface area contributed by atoms with Crippen LogP contribution in [0.5, 0.6) is 0 Å². The summed E-state index contributed by atoms with van der Waals surface area (Å²) in [6.45, 7) is 7.70. The molecule has 4 N–H and O–H groups in total. The van der Waals surface area contributed by atoms with Crippen molar-refractivity contribution in [3.63, 3.8) is 0 Å². The molecule has 0 spiro atoms. The van der Waals surface area contributed by atoms with Crippen LogP contribution >= 0.6 is 0 Å². The van der Waals surface area contributed by atoms with Gasteiger partial charge in [-0.15, -0.1) is 0 Å². The third-order valence-electron chi connectivity index (χ3n) is 2.94. The summed E-state index contributed by atoms with van der Waals surface area (Å²) >= 11 is 0. The summed E-state index contributed by atoms with van der Waals surface area (Å²) in [6.07, 6.45) is 0.887. The van der Waals surface area contributed by atoms with Crippen molar-refractivity contribution < 1.29 is 4.79 Å². The summed E-state index contributed by atoms with van der Waals surface area (Å²) in [7, 11) is 0. The second-order valence-electron chi connectivity index (χ2n) is 4.21. The molecule has 0 saturated heterocycles. The van der Waals surface area contributed by atoms with Crippen LogP contribution in [0.25, 0.3) is 0 Å². The van der Waals surface area contributed by atoms with Crippen LogP contribution in [-0.4, -0.2) is 22.1 Å². The number of aryl methyl sites for hydroxylation is 2. The second-order valence-corrected chi connectivity index (χ2v) is 4.21. The number of aromatic amines is 1. The molecular formula is C11H20N4O. The Balaban J connectivity index is 2.71. The average molecular weight is 224 g/mol. The molecule has 0 radical (unpaired) electrons. The molecule has 1 heterocycles. The first-order valence-corrected chi connectivity index (χ1v) is 5.55. The maximum atomic E-state index is 11.8. The first kappa shape index (κ1) is 12.7. The lowest BCUT2D eigenvalue weighted by Crippen LogP contribution is -2.40. The molecule has 0 saturated carbocycles. The molecule has 0 aromatic carbocycles. The molecule has 0 unspecified atom stereocenters. The lowest BCUT2D eigenvalue weighted by Gasteiger charge is -2.17. The minimum Gasteiger partial charge on any atom is -0.322 e. The highest BCUT2D eigenvalue weighted by Gasteiger charge is 2.21. The van der Waals surface area contributed by atoms with E-state index in [1.165, 1.54) is 0 Å². The topological polar surface area (TPSA) is 83.8 Å². The Kier molecular flexibility index (Phi) is 4.06. The number of carbonyl (C=O) groups excluding carboxylic acids is 1. The van der Waals surface area contributed by atoms with E-state index < -0.39 is 6.04 Å². The number of anilines is 1. The maximum Gasteiger partial charge on any atom is 0.241 e. The second kappa shape index (κ2) is 5.12. The maximum absolute atomic E-state index is 11.8. The number of amides is 1. The molecule has 0 aliphatic carbocycles. The van der Waals surface area contributed by atoms with Crippen LogP contribution in [0.4, 0.5) is 5.69 Å². The van der Waals surface area contributed by atoms with Crippen molar-refractivity contribution in [3.8, 4) is 0 Å². The molecule has 1 amide bonds. The Labute approximate surface area is 95.8 Å². The number of nitrogens with two attached hydrogens (primary N) is 1. The predicted octanol–water partition coefficient (Wildman–Crippen LogP) is 1.34. The molecule has 1 rings (SSSR count). The number of aromatic nitrogens is 2. The van der Waals surface area contributed by atoms with Gasteiger partial charge < -0.3 is 11.1 Å². The summed E-state index contributed by atoms with van der Waals surface area (Å²) in [5.74, 6) is 0.0227. The van der Waals surface area contributed by atoms with Gasteiger partial charge in [-0.05, 0) is 19.8 Å². The number of H-pyrrole nitrogens is 1. The predicted molar refractivity (Wildman–Crippen MR) is 64.1 cm³/mol. The third kappa shape index (κ3) is 2.61. The molecular weight excluding hydrogens is 204 g/mol. The number of rotatable bonds is 4. The smallest absolute Gasteiger partial charge is 0.241 e. The molecule has 90 valence electrons. The highest BCUT2D eigenvalue weighted by molar-refractivity contribution is 5.95. The molecule has 1 aromatic heterocycles. The summed E-state index contributed by atoms with van der Waals surface area (Å²) in [6, 6.07) is -0.473. The van der Waals surface area contributed by atoms with E-state index in [1.54, 1.807) is 0 Å². The molecule has 5 nitrogen and oxygen atoms in total. The fraction of sp³-hybridized carbons (Fsp3) is 0.636. The molecule has 0 aliphatic heterocycles. The van der Waals surface area contributed by atoms with Crippen molar-refractivity contribution in [2.75, 3.05) is 5.32 Å². The largest absolute Gasteiger partial charge is 0.322 e. The summed E-state index contributed by atoms with van der Waals surface area (Å²) < 4.78 is 0. The van der Waals surface area contributed by atoms with Crippen LogP contribution in [0.15, 0.2) is 0 Å². The summed E-state index contributed by atoms with van der Waals surface area (Å²) in [4.78, 5) is 11.8. The van der Waals surface area contributed by atoms with Crippen LogP contribution in [0.2, 0.25) is 0 Å². The normalized spacial score (nSPS) is 14.6. The average Bonchev–Trinajstić information content (AvgIpc) is 2.58. The highest BCUT2D eigenvalue weighted by atomic mass is 16.2. The summed E-state index contributed by atoms with van der Waals surface area (Å²) in [5, 5.41) is 9.65. The number of hydrogen-bond acceptors (Lipinski definition) is 3. The Morgan fingerprint density at radius 1 is 1.56 bits per heavy atom. The lowest BCUT2D eigenvalue weighted by atomic mass is 9.99. The van der Waals surface area contributed by atoms with E-state index in [0.717, 1.165) is 23.5 Å². The molecule has 0 fully saturated rings. The fourth-order valence-corrected chi connectivity index (χ4v) is 1.45. The van der Waals surface area contributed by atoms with E-state index in [-0.39, 0.29) is 11.8 Å². The number of carbonyl (C=O) groups is 1. The zero-order valence-electron chi connectivity index (χ0n) is 10.3. The number of nitrogens with zero attached hydrogens (tertiary/aromatic N) is 1. The van der Waals surface area contributed by atoms with Crippen molar-refractivity contribution in [2.24, 2.45) is 11.7 Å². The summed E-state index contributed by atoms with van der Waals surface area (Å²) in [5.41, 5.74) is 8.21. The molecule has 2 atom stereocenters. The van der Waals surface area contributed by atoms with Gasteiger partial charge in [0.05, 0.1) is 23.1 Å². The van der Waals surface area contributed by atoms with Crippen molar-refractivity contribution in [2.45, 2.75) is 40.2 Å².